The van der Waals surface area contributed by atoms with Crippen molar-refractivity contribution < 1.29 is 14.3 Å². The second-order valence-electron chi connectivity index (χ2n) is 4.45. The summed E-state index contributed by atoms with van der Waals surface area (Å²) in [5.74, 6) is 0.122. The average molecular weight is 291 g/mol. The molecule has 114 valence electrons. The number of aryl methyl sites for hydroxylation is 1. The lowest BCUT2D eigenvalue weighted by atomic mass is 10.2. The van der Waals surface area contributed by atoms with Crippen LogP contribution in [0.2, 0.25) is 0 Å². The number of likely N-dealkylation sites (N-methyl/N-ethyl adjacent to an activating group) is 1. The van der Waals surface area contributed by atoms with E-state index in [1.807, 2.05) is 32.0 Å². The molecule has 1 rings (SSSR count). The van der Waals surface area contributed by atoms with Crippen molar-refractivity contribution in [2.45, 2.75) is 20.8 Å². The molecule has 2 amide bonds. The van der Waals surface area contributed by atoms with E-state index in [4.69, 9.17) is 4.74 Å². The number of benzene rings is 1. The standard InChI is InChI=1S/C15H21N3O3/c1-4-16-14(19)9-12(3)17-18-15(20)10-21-13-8-6-5-7-11(13)2/h5-9,17H,4,10H2,1-3H3,(H,16,19)(H,18,20). The molecule has 21 heavy (non-hydrogen) atoms. The van der Waals surface area contributed by atoms with Gasteiger partial charge in [0.25, 0.3) is 5.91 Å². The number of rotatable bonds is 7. The summed E-state index contributed by atoms with van der Waals surface area (Å²) in [6, 6.07) is 7.46. The number of amides is 2. The molecule has 0 saturated heterocycles. The number of allylic oxidation sites excluding steroid dienone is 1. The van der Waals surface area contributed by atoms with Crippen molar-refractivity contribution in [3.63, 3.8) is 0 Å². The van der Waals surface area contributed by atoms with Gasteiger partial charge in [-0.15, -0.1) is 0 Å². The summed E-state index contributed by atoms with van der Waals surface area (Å²) in [6.45, 7) is 5.87. The second kappa shape index (κ2) is 8.63. The molecule has 6 nitrogen and oxygen atoms in total. The maximum Gasteiger partial charge on any atom is 0.276 e. The van der Waals surface area contributed by atoms with E-state index in [1.54, 1.807) is 13.0 Å². The first-order chi connectivity index (χ1) is 10.0. The van der Waals surface area contributed by atoms with Gasteiger partial charge in [-0.3, -0.25) is 15.0 Å². The summed E-state index contributed by atoms with van der Waals surface area (Å²) >= 11 is 0. The molecule has 0 bridgehead atoms. The highest BCUT2D eigenvalue weighted by atomic mass is 16.5. The van der Waals surface area contributed by atoms with Crippen molar-refractivity contribution in [2.75, 3.05) is 13.2 Å². The Kier molecular flexibility index (Phi) is 6.80. The van der Waals surface area contributed by atoms with Gasteiger partial charge >= 0.3 is 0 Å². The molecule has 0 aliphatic carbocycles. The summed E-state index contributed by atoms with van der Waals surface area (Å²) in [7, 11) is 0. The lowest BCUT2D eigenvalue weighted by Crippen LogP contribution is -2.39. The molecule has 0 aliphatic rings. The number of hydrogen-bond acceptors (Lipinski definition) is 4. The van der Waals surface area contributed by atoms with Crippen LogP contribution in [0, 0.1) is 6.92 Å². The molecular weight excluding hydrogens is 270 g/mol. The molecule has 0 radical (unpaired) electrons. The lowest BCUT2D eigenvalue weighted by Gasteiger charge is -2.11. The predicted octanol–water partition coefficient (Wildman–Crippen LogP) is 1.03. The van der Waals surface area contributed by atoms with Gasteiger partial charge in [-0.05, 0) is 32.4 Å². The highest BCUT2D eigenvalue weighted by Gasteiger charge is 2.04. The zero-order valence-corrected chi connectivity index (χ0v) is 12.5. The third-order valence-corrected chi connectivity index (χ3v) is 2.55. The molecule has 0 atom stereocenters. The molecule has 0 aliphatic heterocycles. The van der Waals surface area contributed by atoms with Gasteiger partial charge in [0.2, 0.25) is 5.91 Å². The number of nitrogens with one attached hydrogen (secondary N) is 3. The van der Waals surface area contributed by atoms with Gasteiger partial charge in [-0.25, -0.2) is 0 Å². The minimum atomic E-state index is -0.332. The van der Waals surface area contributed by atoms with Crippen molar-refractivity contribution in [3.05, 3.63) is 41.6 Å². The van der Waals surface area contributed by atoms with Crippen LogP contribution in [-0.2, 0) is 9.59 Å². The molecule has 0 unspecified atom stereocenters. The fraction of sp³-hybridized carbons (Fsp3) is 0.333. The molecule has 0 aromatic heterocycles. The van der Waals surface area contributed by atoms with E-state index in [0.29, 0.717) is 18.0 Å². The van der Waals surface area contributed by atoms with Crippen LogP contribution in [0.1, 0.15) is 19.4 Å². The lowest BCUT2D eigenvalue weighted by molar-refractivity contribution is -0.124. The molecule has 0 fully saturated rings. The van der Waals surface area contributed by atoms with Gasteiger partial charge in [0, 0.05) is 18.3 Å². The summed E-state index contributed by atoms with van der Waals surface area (Å²) in [6.07, 6.45) is 1.37. The monoisotopic (exact) mass is 291 g/mol. The van der Waals surface area contributed by atoms with Crippen LogP contribution in [0.25, 0.3) is 0 Å². The summed E-state index contributed by atoms with van der Waals surface area (Å²) < 4.78 is 5.40. The first-order valence-corrected chi connectivity index (χ1v) is 6.72. The Morgan fingerprint density at radius 1 is 1.24 bits per heavy atom. The van der Waals surface area contributed by atoms with Crippen molar-refractivity contribution in [1.29, 1.82) is 0 Å². The van der Waals surface area contributed by atoms with E-state index in [0.717, 1.165) is 5.56 Å². The highest BCUT2D eigenvalue weighted by molar-refractivity contribution is 5.88. The predicted molar refractivity (Wildman–Crippen MR) is 80.4 cm³/mol. The van der Waals surface area contributed by atoms with Crippen LogP contribution in [0.15, 0.2) is 36.0 Å². The van der Waals surface area contributed by atoms with Crippen molar-refractivity contribution in [1.82, 2.24) is 16.2 Å². The van der Waals surface area contributed by atoms with E-state index in [2.05, 4.69) is 16.2 Å². The first kappa shape index (κ1) is 16.6. The third kappa shape index (κ3) is 6.47. The first-order valence-electron chi connectivity index (χ1n) is 6.72. The Hall–Kier alpha value is -2.50. The molecule has 3 N–H and O–H groups in total. The fourth-order valence-corrected chi connectivity index (χ4v) is 1.52. The number of carbonyl (C=O) groups excluding carboxylic acids is 2. The van der Waals surface area contributed by atoms with Crippen molar-refractivity contribution >= 4 is 11.8 Å². The number of para-hydroxylation sites is 1. The molecule has 0 saturated carbocycles. The Morgan fingerprint density at radius 2 is 1.95 bits per heavy atom. The van der Waals surface area contributed by atoms with E-state index < -0.39 is 0 Å². The van der Waals surface area contributed by atoms with Gasteiger partial charge in [0.1, 0.15) is 5.75 Å². The van der Waals surface area contributed by atoms with Gasteiger partial charge in [0.05, 0.1) is 0 Å². The molecule has 0 spiro atoms. The Bertz CT molecular complexity index is 527. The molecule has 1 aromatic rings. The minimum Gasteiger partial charge on any atom is -0.483 e. The zero-order valence-electron chi connectivity index (χ0n) is 12.5. The van der Waals surface area contributed by atoms with E-state index in [9.17, 15) is 9.59 Å². The number of ether oxygens (including phenoxy) is 1. The quantitative estimate of drug-likeness (QED) is 0.518. The van der Waals surface area contributed by atoms with E-state index in [1.165, 1.54) is 6.08 Å². The van der Waals surface area contributed by atoms with Gasteiger partial charge in [-0.1, -0.05) is 18.2 Å². The summed E-state index contributed by atoms with van der Waals surface area (Å²) in [5, 5.41) is 2.62. The largest absolute Gasteiger partial charge is 0.483 e. The van der Waals surface area contributed by atoms with Crippen LogP contribution in [0.5, 0.6) is 5.75 Å². The van der Waals surface area contributed by atoms with E-state index in [-0.39, 0.29) is 18.4 Å². The maximum atomic E-state index is 11.6. The zero-order chi connectivity index (χ0) is 15.7. The Labute approximate surface area is 124 Å². The van der Waals surface area contributed by atoms with Gasteiger partial charge in [0.15, 0.2) is 6.61 Å². The van der Waals surface area contributed by atoms with Gasteiger partial charge < -0.3 is 15.5 Å². The molecular formula is C15H21N3O3. The van der Waals surface area contributed by atoms with Crippen LogP contribution in [0.3, 0.4) is 0 Å². The maximum absolute atomic E-state index is 11.6. The Morgan fingerprint density at radius 3 is 2.62 bits per heavy atom. The van der Waals surface area contributed by atoms with E-state index >= 15 is 0 Å². The van der Waals surface area contributed by atoms with Crippen LogP contribution in [0.4, 0.5) is 0 Å². The van der Waals surface area contributed by atoms with Gasteiger partial charge in [-0.2, -0.15) is 0 Å². The minimum absolute atomic E-state index is 0.105. The normalized spacial score (nSPS) is 10.7. The smallest absolute Gasteiger partial charge is 0.276 e. The number of carbonyl (C=O) groups is 2. The summed E-state index contributed by atoms with van der Waals surface area (Å²) in [4.78, 5) is 22.9. The Balaban J connectivity index is 2.34. The number of hydrazine groups is 1. The number of hydrogen-bond donors (Lipinski definition) is 3. The van der Waals surface area contributed by atoms with Crippen LogP contribution < -0.4 is 20.9 Å². The molecule has 0 heterocycles. The molecule has 1 aromatic carbocycles. The SMILES string of the molecule is CCNC(=O)C=C(C)NNC(=O)COc1ccccc1C. The van der Waals surface area contributed by atoms with Crippen molar-refractivity contribution in [3.8, 4) is 5.75 Å². The highest BCUT2D eigenvalue weighted by Crippen LogP contribution is 2.15. The van der Waals surface area contributed by atoms with Crippen LogP contribution in [-0.4, -0.2) is 25.0 Å². The van der Waals surface area contributed by atoms with Crippen LogP contribution >= 0.6 is 0 Å². The average Bonchev–Trinajstić information content (AvgIpc) is 2.44. The molecule has 6 heteroatoms. The second-order valence-corrected chi connectivity index (χ2v) is 4.45. The topological polar surface area (TPSA) is 79.5 Å². The fourth-order valence-electron chi connectivity index (χ4n) is 1.52. The van der Waals surface area contributed by atoms with Crippen molar-refractivity contribution in [2.24, 2.45) is 0 Å². The third-order valence-electron chi connectivity index (χ3n) is 2.55. The summed E-state index contributed by atoms with van der Waals surface area (Å²) in [5.41, 5.74) is 6.60.